The number of hydrogen-bond donors (Lipinski definition) is 1. The van der Waals surface area contributed by atoms with Gasteiger partial charge in [0.05, 0.1) is 19.0 Å². The Kier molecular flexibility index (Phi) is 8.34. The number of ether oxygens (including phenoxy) is 1. The van der Waals surface area contributed by atoms with Gasteiger partial charge in [0.1, 0.15) is 22.9 Å². The summed E-state index contributed by atoms with van der Waals surface area (Å²) in [4.78, 5) is 27.5. The first-order chi connectivity index (χ1) is 13.8. The normalized spacial score (nSPS) is 15.0. The summed E-state index contributed by atoms with van der Waals surface area (Å²) in [5, 5.41) is 9.06. The van der Waals surface area contributed by atoms with E-state index in [9.17, 15) is 4.79 Å². The predicted molar refractivity (Wildman–Crippen MR) is 117 cm³/mol. The molecule has 9 heteroatoms. The number of likely N-dealkylation sites (N-methyl/N-ethyl adjacent to an activating group) is 1. The highest BCUT2D eigenvalue weighted by Gasteiger charge is 2.25. The third-order valence-electron chi connectivity index (χ3n) is 5.14. The third-order valence-corrected chi connectivity index (χ3v) is 5.14. The fourth-order valence-electron chi connectivity index (χ4n) is 3.52. The Hall–Kier alpha value is -2.03. The van der Waals surface area contributed by atoms with Gasteiger partial charge in [0, 0.05) is 45.0 Å². The number of carbonyl (C=O) groups excluding carboxylic acids is 1. The molecule has 2 aromatic heterocycles. The molecule has 0 unspecified atom stereocenters. The van der Waals surface area contributed by atoms with Gasteiger partial charge in [0.2, 0.25) is 0 Å². The summed E-state index contributed by atoms with van der Waals surface area (Å²) in [5.41, 5.74) is 1.42. The average molecular weight is 438 g/mol. The number of amides is 1. The third kappa shape index (κ3) is 5.77. The molecule has 0 aliphatic carbocycles. The molecule has 0 atom stereocenters. The molecule has 0 radical (unpaired) electrons. The highest BCUT2D eigenvalue weighted by atomic mass is 35.5. The summed E-state index contributed by atoms with van der Waals surface area (Å²) in [5.74, 6) is 1.29. The minimum Gasteiger partial charge on any atom is -0.395 e. The molecule has 0 aromatic carbocycles. The maximum Gasteiger partial charge on any atom is 0.273 e. The van der Waals surface area contributed by atoms with Crippen LogP contribution >= 0.6 is 12.4 Å². The number of imidazole rings is 1. The van der Waals surface area contributed by atoms with Crippen molar-refractivity contribution in [3.05, 3.63) is 30.1 Å². The molecule has 1 fully saturated rings. The second-order valence-corrected chi connectivity index (χ2v) is 8.65. The zero-order valence-electron chi connectivity index (χ0n) is 18.2. The first-order valence-electron chi connectivity index (χ1n) is 10.1. The van der Waals surface area contributed by atoms with Crippen molar-refractivity contribution in [1.29, 1.82) is 0 Å². The topological polar surface area (TPSA) is 93.4 Å². The van der Waals surface area contributed by atoms with Crippen molar-refractivity contribution in [2.45, 2.75) is 45.6 Å². The van der Waals surface area contributed by atoms with E-state index in [1.54, 1.807) is 13.2 Å². The molecule has 0 saturated carbocycles. The fourth-order valence-corrected chi connectivity index (χ4v) is 3.52. The maximum atomic E-state index is 12.5. The van der Waals surface area contributed by atoms with E-state index in [1.165, 1.54) is 11.1 Å². The van der Waals surface area contributed by atoms with Gasteiger partial charge in [-0.25, -0.2) is 9.97 Å². The molecule has 8 nitrogen and oxygen atoms in total. The summed E-state index contributed by atoms with van der Waals surface area (Å²) in [6, 6.07) is 0. The summed E-state index contributed by atoms with van der Waals surface area (Å²) < 4.78 is 7.71. The molecule has 166 valence electrons. The fraction of sp³-hybridized carbons (Fsp3) is 0.619. The summed E-state index contributed by atoms with van der Waals surface area (Å²) >= 11 is 0. The summed E-state index contributed by atoms with van der Waals surface area (Å²) in [7, 11) is 1.63. The highest BCUT2D eigenvalue weighted by molar-refractivity contribution is 5.92. The van der Waals surface area contributed by atoms with Crippen LogP contribution < -0.4 is 0 Å². The van der Waals surface area contributed by atoms with Crippen LogP contribution in [0.4, 0.5) is 0 Å². The molecule has 30 heavy (non-hydrogen) atoms. The van der Waals surface area contributed by atoms with Gasteiger partial charge in [-0.1, -0.05) is 20.8 Å². The van der Waals surface area contributed by atoms with Crippen molar-refractivity contribution in [1.82, 2.24) is 24.4 Å². The predicted octanol–water partition coefficient (Wildman–Crippen LogP) is 2.55. The number of carbonyl (C=O) groups is 1. The minimum absolute atomic E-state index is 0. The lowest BCUT2D eigenvalue weighted by Gasteiger charge is -2.25. The van der Waals surface area contributed by atoms with E-state index in [-0.39, 0.29) is 42.6 Å². The zero-order chi connectivity index (χ0) is 21.0. The van der Waals surface area contributed by atoms with Crippen molar-refractivity contribution < 1.29 is 14.6 Å². The molecule has 0 bridgehead atoms. The SMILES string of the molecule is CN(CCO)C(=O)c1cncc(-c2cn(CC3CCOCC3)c(C(C)(C)C)n2)n1.Cl. The van der Waals surface area contributed by atoms with Gasteiger partial charge in [0.25, 0.3) is 5.91 Å². The van der Waals surface area contributed by atoms with Gasteiger partial charge in [-0.05, 0) is 18.8 Å². The first kappa shape index (κ1) is 24.2. The van der Waals surface area contributed by atoms with Crippen molar-refractivity contribution in [2.75, 3.05) is 33.4 Å². The zero-order valence-corrected chi connectivity index (χ0v) is 19.0. The van der Waals surface area contributed by atoms with Crippen LogP contribution in [0.1, 0.15) is 49.9 Å². The van der Waals surface area contributed by atoms with Crippen LogP contribution in [0.15, 0.2) is 18.6 Å². The lowest BCUT2D eigenvalue weighted by Crippen LogP contribution is -2.30. The minimum atomic E-state index is -0.272. The van der Waals surface area contributed by atoms with Gasteiger partial charge in [-0.3, -0.25) is 9.78 Å². The van der Waals surface area contributed by atoms with Crippen LogP contribution in [0.5, 0.6) is 0 Å². The molecule has 3 heterocycles. The van der Waals surface area contributed by atoms with Gasteiger partial charge in [-0.15, -0.1) is 12.4 Å². The number of aliphatic hydroxyl groups is 1. The molecule has 1 aliphatic heterocycles. The van der Waals surface area contributed by atoms with E-state index < -0.39 is 0 Å². The Bertz CT molecular complexity index is 843. The molecule has 2 aromatic rings. The van der Waals surface area contributed by atoms with Crippen LogP contribution in [0.25, 0.3) is 11.4 Å². The standard InChI is InChI=1S/C21H31N5O3.ClH/c1-21(2,3)20-24-18(14-26(20)13-15-5-9-29-10-6-15)16-11-22-12-17(23-16)19(28)25(4)7-8-27;/h11-12,14-15,27H,5-10,13H2,1-4H3;1H. The molecular weight excluding hydrogens is 406 g/mol. The molecule has 1 aliphatic rings. The highest BCUT2D eigenvalue weighted by Crippen LogP contribution is 2.28. The molecular formula is C21H32ClN5O3. The van der Waals surface area contributed by atoms with E-state index in [0.717, 1.165) is 38.4 Å². The smallest absolute Gasteiger partial charge is 0.273 e. The van der Waals surface area contributed by atoms with Crippen molar-refractivity contribution in [3.8, 4) is 11.4 Å². The van der Waals surface area contributed by atoms with E-state index in [4.69, 9.17) is 14.8 Å². The number of aliphatic hydroxyl groups excluding tert-OH is 1. The number of hydrogen-bond acceptors (Lipinski definition) is 6. The summed E-state index contributed by atoms with van der Waals surface area (Å²) in [6.45, 7) is 9.12. The van der Waals surface area contributed by atoms with Gasteiger partial charge < -0.3 is 19.3 Å². The van der Waals surface area contributed by atoms with Crippen molar-refractivity contribution in [3.63, 3.8) is 0 Å². The quantitative estimate of drug-likeness (QED) is 0.746. The van der Waals surface area contributed by atoms with Crippen LogP contribution in [0.3, 0.4) is 0 Å². The number of rotatable bonds is 6. The van der Waals surface area contributed by atoms with Gasteiger partial charge in [0.15, 0.2) is 0 Å². The molecule has 1 saturated heterocycles. The van der Waals surface area contributed by atoms with Crippen LogP contribution in [0, 0.1) is 5.92 Å². The molecule has 1 N–H and O–H groups in total. The number of halogens is 1. The molecule has 3 rings (SSSR count). The largest absolute Gasteiger partial charge is 0.395 e. The lowest BCUT2D eigenvalue weighted by molar-refractivity contribution is 0.0607. The Balaban J connectivity index is 0.00000320. The second-order valence-electron chi connectivity index (χ2n) is 8.65. The summed E-state index contributed by atoms with van der Waals surface area (Å²) in [6.07, 6.45) is 7.21. The van der Waals surface area contributed by atoms with E-state index in [0.29, 0.717) is 17.3 Å². The molecule has 1 amide bonds. The molecule has 0 spiro atoms. The van der Waals surface area contributed by atoms with Gasteiger partial charge >= 0.3 is 0 Å². The Morgan fingerprint density at radius 1 is 1.23 bits per heavy atom. The van der Waals surface area contributed by atoms with Crippen molar-refractivity contribution >= 4 is 18.3 Å². The lowest BCUT2D eigenvalue weighted by atomic mass is 9.94. The second kappa shape index (κ2) is 10.3. The van der Waals surface area contributed by atoms with Crippen LogP contribution in [-0.2, 0) is 16.7 Å². The van der Waals surface area contributed by atoms with E-state index >= 15 is 0 Å². The first-order valence-corrected chi connectivity index (χ1v) is 10.1. The van der Waals surface area contributed by atoms with E-state index in [2.05, 4.69) is 35.3 Å². The van der Waals surface area contributed by atoms with Crippen molar-refractivity contribution in [2.24, 2.45) is 5.92 Å². The number of aromatic nitrogens is 4. The van der Waals surface area contributed by atoms with E-state index in [1.807, 2.05) is 6.20 Å². The maximum absolute atomic E-state index is 12.5. The monoisotopic (exact) mass is 437 g/mol. The van der Waals surface area contributed by atoms with Crippen LogP contribution in [-0.4, -0.2) is 68.8 Å². The Labute approximate surface area is 184 Å². The average Bonchev–Trinajstić information content (AvgIpc) is 3.13. The van der Waals surface area contributed by atoms with Gasteiger partial charge in [-0.2, -0.15) is 0 Å². The van der Waals surface area contributed by atoms with Crippen LogP contribution in [0.2, 0.25) is 0 Å². The Morgan fingerprint density at radius 2 is 1.93 bits per heavy atom. The number of nitrogens with zero attached hydrogens (tertiary/aromatic N) is 5. The Morgan fingerprint density at radius 3 is 2.57 bits per heavy atom.